The molecule has 0 aliphatic carbocycles. The molecule has 0 bridgehead atoms. The summed E-state index contributed by atoms with van der Waals surface area (Å²) >= 11 is 0. The molecule has 1 N–H and O–H groups in total. The van der Waals surface area contributed by atoms with Crippen molar-refractivity contribution < 1.29 is 19.5 Å². The molecule has 1 aliphatic heterocycles. The number of aromatic carboxylic acids is 1. The summed E-state index contributed by atoms with van der Waals surface area (Å²) in [6, 6.07) is 4.21. The van der Waals surface area contributed by atoms with Gasteiger partial charge in [0.25, 0.3) is 5.91 Å². The van der Waals surface area contributed by atoms with Crippen LogP contribution in [-0.2, 0) is 4.79 Å². The minimum Gasteiger partial charge on any atom is -0.477 e. The molecule has 21 heavy (non-hydrogen) atoms. The van der Waals surface area contributed by atoms with Gasteiger partial charge < -0.3 is 14.9 Å². The van der Waals surface area contributed by atoms with Crippen LogP contribution < -0.4 is 0 Å². The molecule has 1 fully saturated rings. The monoisotopic (exact) mass is 291 g/mol. The predicted octanol–water partition coefficient (Wildman–Crippen LogP) is 0.474. The second kappa shape index (κ2) is 6.34. The molecule has 0 radical (unpaired) electrons. The van der Waals surface area contributed by atoms with Gasteiger partial charge in [0, 0.05) is 20.1 Å². The van der Waals surface area contributed by atoms with E-state index in [2.05, 4.69) is 4.98 Å². The molecule has 7 nitrogen and oxygen atoms in total. The first-order valence-electron chi connectivity index (χ1n) is 6.72. The van der Waals surface area contributed by atoms with E-state index in [0.29, 0.717) is 0 Å². The highest BCUT2D eigenvalue weighted by Crippen LogP contribution is 2.09. The highest BCUT2D eigenvalue weighted by molar-refractivity contribution is 5.96. The van der Waals surface area contributed by atoms with Crippen molar-refractivity contribution in [1.82, 2.24) is 14.8 Å². The van der Waals surface area contributed by atoms with Crippen LogP contribution in [0, 0.1) is 0 Å². The Labute approximate surface area is 122 Å². The van der Waals surface area contributed by atoms with Gasteiger partial charge in [-0.15, -0.1) is 0 Å². The molecule has 1 aromatic heterocycles. The predicted molar refractivity (Wildman–Crippen MR) is 74.0 cm³/mol. The number of aromatic nitrogens is 1. The van der Waals surface area contributed by atoms with Crippen LogP contribution in [0.5, 0.6) is 0 Å². The first kappa shape index (κ1) is 15.0. The Morgan fingerprint density at radius 1 is 1.24 bits per heavy atom. The van der Waals surface area contributed by atoms with Crippen molar-refractivity contribution in [2.45, 2.75) is 12.8 Å². The van der Waals surface area contributed by atoms with Crippen LogP contribution in [0.3, 0.4) is 0 Å². The zero-order chi connectivity index (χ0) is 15.4. The zero-order valence-electron chi connectivity index (χ0n) is 11.8. The Morgan fingerprint density at radius 2 is 1.86 bits per heavy atom. The molecular weight excluding hydrogens is 274 g/mol. The summed E-state index contributed by atoms with van der Waals surface area (Å²) in [5, 5.41) is 8.87. The van der Waals surface area contributed by atoms with E-state index in [1.54, 1.807) is 4.90 Å². The Morgan fingerprint density at radius 3 is 2.48 bits per heavy atom. The molecule has 1 aliphatic rings. The van der Waals surface area contributed by atoms with E-state index in [1.807, 2.05) is 0 Å². The Kier molecular flexibility index (Phi) is 4.52. The fraction of sp³-hybridized carbons (Fsp3) is 0.429. The number of carboxylic acid groups (broad SMARTS) is 1. The number of pyridine rings is 1. The first-order chi connectivity index (χ1) is 9.99. The molecule has 0 spiro atoms. The molecule has 1 aromatic rings. The number of likely N-dealkylation sites (tertiary alicyclic amines) is 1. The van der Waals surface area contributed by atoms with E-state index in [-0.39, 0.29) is 23.8 Å². The molecule has 0 saturated carbocycles. The van der Waals surface area contributed by atoms with Gasteiger partial charge in [-0.2, -0.15) is 0 Å². The molecule has 7 heteroatoms. The van der Waals surface area contributed by atoms with Crippen LogP contribution in [0.4, 0.5) is 0 Å². The van der Waals surface area contributed by atoms with Gasteiger partial charge in [-0.3, -0.25) is 9.59 Å². The summed E-state index contributed by atoms with van der Waals surface area (Å²) in [4.78, 5) is 41.8. The molecule has 112 valence electrons. The standard InChI is InChI=1S/C14H17N3O4/c1-16(9-12(18)17-7-2-3-8-17)13(19)10-5-4-6-11(15-10)14(20)21/h4-6H,2-3,7-9H2,1H3,(H,20,21). The normalized spacial score (nSPS) is 14.0. The van der Waals surface area contributed by atoms with E-state index in [1.165, 1.54) is 30.1 Å². The third-order valence-corrected chi connectivity index (χ3v) is 3.37. The van der Waals surface area contributed by atoms with Gasteiger partial charge in [0.2, 0.25) is 5.91 Å². The van der Waals surface area contributed by atoms with Crippen molar-refractivity contribution in [2.24, 2.45) is 0 Å². The smallest absolute Gasteiger partial charge is 0.354 e. The summed E-state index contributed by atoms with van der Waals surface area (Å²) in [7, 11) is 1.51. The quantitative estimate of drug-likeness (QED) is 0.871. The van der Waals surface area contributed by atoms with E-state index in [0.717, 1.165) is 25.9 Å². The number of amides is 2. The van der Waals surface area contributed by atoms with Gasteiger partial charge in [-0.25, -0.2) is 9.78 Å². The van der Waals surface area contributed by atoms with E-state index in [9.17, 15) is 14.4 Å². The maximum Gasteiger partial charge on any atom is 0.354 e. The molecule has 2 rings (SSSR count). The Bertz CT molecular complexity index is 567. The lowest BCUT2D eigenvalue weighted by Gasteiger charge is -2.21. The molecule has 1 saturated heterocycles. The van der Waals surface area contributed by atoms with Crippen molar-refractivity contribution in [3.05, 3.63) is 29.6 Å². The molecule has 2 amide bonds. The second-order valence-corrected chi connectivity index (χ2v) is 4.96. The lowest BCUT2D eigenvalue weighted by molar-refractivity contribution is -0.130. The van der Waals surface area contributed by atoms with Crippen molar-refractivity contribution in [3.8, 4) is 0 Å². The van der Waals surface area contributed by atoms with E-state index >= 15 is 0 Å². The fourth-order valence-electron chi connectivity index (χ4n) is 2.21. The van der Waals surface area contributed by atoms with Crippen LogP contribution in [0.25, 0.3) is 0 Å². The van der Waals surface area contributed by atoms with Gasteiger partial charge in [0.15, 0.2) is 0 Å². The number of rotatable bonds is 4. The van der Waals surface area contributed by atoms with Gasteiger partial charge in [0.1, 0.15) is 11.4 Å². The number of carboxylic acids is 1. The average molecular weight is 291 g/mol. The highest BCUT2D eigenvalue weighted by Gasteiger charge is 2.22. The molecule has 0 atom stereocenters. The van der Waals surface area contributed by atoms with Gasteiger partial charge in [-0.05, 0) is 25.0 Å². The first-order valence-corrected chi connectivity index (χ1v) is 6.72. The van der Waals surface area contributed by atoms with Crippen LogP contribution in [-0.4, -0.2) is 64.4 Å². The summed E-state index contributed by atoms with van der Waals surface area (Å²) < 4.78 is 0. The molecular formula is C14H17N3O4. The largest absolute Gasteiger partial charge is 0.477 e. The van der Waals surface area contributed by atoms with E-state index in [4.69, 9.17) is 5.11 Å². The second-order valence-electron chi connectivity index (χ2n) is 4.96. The number of hydrogen-bond donors (Lipinski definition) is 1. The summed E-state index contributed by atoms with van der Waals surface area (Å²) in [5.41, 5.74) is -0.174. The van der Waals surface area contributed by atoms with Crippen molar-refractivity contribution in [1.29, 1.82) is 0 Å². The molecule has 0 aromatic carbocycles. The maximum atomic E-state index is 12.2. The van der Waals surface area contributed by atoms with Crippen molar-refractivity contribution in [2.75, 3.05) is 26.7 Å². The van der Waals surface area contributed by atoms with Crippen molar-refractivity contribution >= 4 is 17.8 Å². The molecule has 2 heterocycles. The van der Waals surface area contributed by atoms with Crippen molar-refractivity contribution in [3.63, 3.8) is 0 Å². The number of hydrogen-bond acceptors (Lipinski definition) is 4. The summed E-state index contributed by atoms with van der Waals surface area (Å²) in [5.74, 6) is -1.76. The van der Waals surface area contributed by atoms with Gasteiger partial charge >= 0.3 is 5.97 Å². The van der Waals surface area contributed by atoms with Crippen LogP contribution in [0.1, 0.15) is 33.8 Å². The topological polar surface area (TPSA) is 90.8 Å². The lowest BCUT2D eigenvalue weighted by atomic mass is 10.2. The van der Waals surface area contributed by atoms with Crippen LogP contribution >= 0.6 is 0 Å². The fourth-order valence-corrected chi connectivity index (χ4v) is 2.21. The number of carbonyl (C=O) groups excluding carboxylic acids is 2. The lowest BCUT2D eigenvalue weighted by Crippen LogP contribution is -2.40. The third-order valence-electron chi connectivity index (χ3n) is 3.37. The third kappa shape index (κ3) is 3.56. The Balaban J connectivity index is 2.03. The average Bonchev–Trinajstić information content (AvgIpc) is 3.00. The Hall–Kier alpha value is -2.44. The number of carbonyl (C=O) groups is 3. The van der Waals surface area contributed by atoms with E-state index < -0.39 is 11.9 Å². The van der Waals surface area contributed by atoms with Gasteiger partial charge in [0.05, 0.1) is 6.54 Å². The summed E-state index contributed by atoms with van der Waals surface area (Å²) in [6.45, 7) is 1.43. The minimum atomic E-state index is -1.19. The molecule has 0 unspecified atom stereocenters. The number of nitrogens with zero attached hydrogens (tertiary/aromatic N) is 3. The minimum absolute atomic E-state index is 0.0200. The zero-order valence-corrected chi connectivity index (χ0v) is 11.8. The van der Waals surface area contributed by atoms with Crippen LogP contribution in [0.2, 0.25) is 0 Å². The number of likely N-dealkylation sites (N-methyl/N-ethyl adjacent to an activating group) is 1. The van der Waals surface area contributed by atoms with Crippen LogP contribution in [0.15, 0.2) is 18.2 Å². The maximum absolute atomic E-state index is 12.2. The van der Waals surface area contributed by atoms with Gasteiger partial charge in [-0.1, -0.05) is 6.07 Å². The summed E-state index contributed by atoms with van der Waals surface area (Å²) in [6.07, 6.45) is 1.98. The SMILES string of the molecule is CN(CC(=O)N1CCCC1)C(=O)c1cccc(C(=O)O)n1. The highest BCUT2D eigenvalue weighted by atomic mass is 16.4.